The van der Waals surface area contributed by atoms with E-state index in [2.05, 4.69) is 28.8 Å². The van der Waals surface area contributed by atoms with Gasteiger partial charge < -0.3 is 19.7 Å². The van der Waals surface area contributed by atoms with E-state index in [0.717, 1.165) is 26.1 Å². The van der Waals surface area contributed by atoms with E-state index in [4.69, 9.17) is 9.47 Å². The normalized spacial score (nSPS) is 20.5. The van der Waals surface area contributed by atoms with E-state index in [9.17, 15) is 13.2 Å². The molecule has 184 valence electrons. The molecule has 34 heavy (non-hydrogen) atoms. The third-order valence-corrected chi connectivity index (χ3v) is 7.48. The van der Waals surface area contributed by atoms with Crippen LogP contribution in [0.15, 0.2) is 47.4 Å². The molecule has 0 bridgehead atoms. The molecule has 0 aliphatic carbocycles. The van der Waals surface area contributed by atoms with Crippen molar-refractivity contribution in [1.29, 1.82) is 0 Å². The van der Waals surface area contributed by atoms with Gasteiger partial charge in [-0.2, -0.15) is 0 Å². The first-order valence-electron chi connectivity index (χ1n) is 11.8. The number of amides is 1. The Morgan fingerprint density at radius 2 is 1.74 bits per heavy atom. The molecule has 9 heteroatoms. The van der Waals surface area contributed by atoms with Crippen molar-refractivity contribution >= 4 is 21.6 Å². The van der Waals surface area contributed by atoms with Crippen LogP contribution < -0.4 is 19.5 Å². The Bertz CT molecular complexity index is 1110. The third kappa shape index (κ3) is 6.01. The average Bonchev–Trinajstić information content (AvgIpc) is 2.81. The molecule has 2 aliphatic rings. The van der Waals surface area contributed by atoms with Crippen LogP contribution in [0.3, 0.4) is 0 Å². The van der Waals surface area contributed by atoms with Crippen molar-refractivity contribution in [3.8, 4) is 11.5 Å². The standard InChI is InChI=1S/C25H33N3O5S/c1-18-14-19(2)17-28(16-18)11-5-10-26-25(29)21-6-3-4-7-22(21)27-34(30,31)20-8-9-23-24(15-20)33-13-12-32-23/h3-4,6-9,15,18-19,27H,5,10-14,16-17H2,1-2H3,(H,26,29). The number of para-hydroxylation sites is 1. The molecule has 2 heterocycles. The number of carbonyl (C=O) groups is 1. The maximum atomic E-state index is 13.0. The number of benzene rings is 2. The van der Waals surface area contributed by atoms with Gasteiger partial charge in [-0.05, 0) is 55.5 Å². The number of fused-ring (bicyclic) bond motifs is 1. The SMILES string of the molecule is CC1CC(C)CN(CCCNC(=O)c2ccccc2NS(=O)(=O)c2ccc3c(c2)OCCO3)C1. The summed E-state index contributed by atoms with van der Waals surface area (Å²) >= 11 is 0. The van der Waals surface area contributed by atoms with Gasteiger partial charge in [-0.25, -0.2) is 8.42 Å². The number of anilines is 1. The highest BCUT2D eigenvalue weighted by molar-refractivity contribution is 7.92. The fraction of sp³-hybridized carbons (Fsp3) is 0.480. The number of likely N-dealkylation sites (tertiary alicyclic amines) is 1. The van der Waals surface area contributed by atoms with Crippen LogP contribution in [0.1, 0.15) is 37.0 Å². The highest BCUT2D eigenvalue weighted by Gasteiger charge is 2.23. The van der Waals surface area contributed by atoms with Gasteiger partial charge in [0.1, 0.15) is 13.2 Å². The summed E-state index contributed by atoms with van der Waals surface area (Å²) < 4.78 is 39.5. The minimum absolute atomic E-state index is 0.0388. The van der Waals surface area contributed by atoms with E-state index < -0.39 is 10.0 Å². The lowest BCUT2D eigenvalue weighted by molar-refractivity contribution is 0.0948. The van der Waals surface area contributed by atoms with Gasteiger partial charge in [0.25, 0.3) is 15.9 Å². The van der Waals surface area contributed by atoms with Crippen molar-refractivity contribution in [2.45, 2.75) is 31.6 Å². The molecule has 2 aromatic rings. The molecule has 2 N–H and O–H groups in total. The molecular formula is C25H33N3O5S. The van der Waals surface area contributed by atoms with E-state index in [0.29, 0.717) is 43.1 Å². The van der Waals surface area contributed by atoms with Crippen LogP contribution in [0.5, 0.6) is 11.5 Å². The second-order valence-electron chi connectivity index (χ2n) is 9.27. The first-order chi connectivity index (χ1) is 16.3. The highest BCUT2D eigenvalue weighted by atomic mass is 32.2. The van der Waals surface area contributed by atoms with Crippen LogP contribution in [0, 0.1) is 11.8 Å². The van der Waals surface area contributed by atoms with Crippen LogP contribution in [0.25, 0.3) is 0 Å². The quantitative estimate of drug-likeness (QED) is 0.555. The molecule has 2 unspecified atom stereocenters. The van der Waals surface area contributed by atoms with Gasteiger partial charge in [0.15, 0.2) is 11.5 Å². The first kappa shape index (κ1) is 24.3. The summed E-state index contributed by atoms with van der Waals surface area (Å²) in [6.45, 7) is 9.03. The molecule has 2 aliphatic heterocycles. The van der Waals surface area contributed by atoms with Crippen molar-refractivity contribution in [1.82, 2.24) is 10.2 Å². The predicted octanol–water partition coefficient (Wildman–Crippen LogP) is 3.36. The zero-order valence-electron chi connectivity index (χ0n) is 19.7. The summed E-state index contributed by atoms with van der Waals surface area (Å²) in [6, 6.07) is 11.1. The zero-order valence-corrected chi connectivity index (χ0v) is 20.6. The fourth-order valence-electron chi connectivity index (χ4n) is 4.74. The molecule has 0 aromatic heterocycles. The van der Waals surface area contributed by atoms with Crippen LogP contribution >= 0.6 is 0 Å². The predicted molar refractivity (Wildman–Crippen MR) is 131 cm³/mol. The van der Waals surface area contributed by atoms with Gasteiger partial charge in [-0.15, -0.1) is 0 Å². The maximum absolute atomic E-state index is 13.0. The summed E-state index contributed by atoms with van der Waals surface area (Å²) in [5.41, 5.74) is 0.511. The van der Waals surface area contributed by atoms with Crippen LogP contribution in [-0.2, 0) is 10.0 Å². The molecule has 1 amide bonds. The van der Waals surface area contributed by atoms with Gasteiger partial charge in [-0.1, -0.05) is 26.0 Å². The fourth-order valence-corrected chi connectivity index (χ4v) is 5.83. The monoisotopic (exact) mass is 487 g/mol. The molecule has 2 aromatic carbocycles. The van der Waals surface area contributed by atoms with Crippen molar-refractivity contribution in [3.63, 3.8) is 0 Å². The minimum atomic E-state index is -3.93. The molecule has 1 saturated heterocycles. The van der Waals surface area contributed by atoms with Gasteiger partial charge in [-0.3, -0.25) is 9.52 Å². The topological polar surface area (TPSA) is 97.0 Å². The number of sulfonamides is 1. The Hall–Kier alpha value is -2.78. The van der Waals surface area contributed by atoms with Gasteiger partial charge >= 0.3 is 0 Å². The first-order valence-corrected chi connectivity index (χ1v) is 13.3. The lowest BCUT2D eigenvalue weighted by atomic mass is 9.92. The zero-order chi connectivity index (χ0) is 24.1. The smallest absolute Gasteiger partial charge is 0.262 e. The van der Waals surface area contributed by atoms with Crippen molar-refractivity contribution in [2.24, 2.45) is 11.8 Å². The number of hydrogen-bond donors (Lipinski definition) is 2. The molecule has 0 saturated carbocycles. The number of piperidine rings is 1. The Labute approximate surface area is 201 Å². The third-order valence-electron chi connectivity index (χ3n) is 6.12. The number of hydrogen-bond acceptors (Lipinski definition) is 6. The maximum Gasteiger partial charge on any atom is 0.262 e. The molecule has 8 nitrogen and oxygen atoms in total. The Kier molecular flexibility index (Phi) is 7.63. The highest BCUT2D eigenvalue weighted by Crippen LogP contribution is 2.33. The van der Waals surface area contributed by atoms with E-state index >= 15 is 0 Å². The van der Waals surface area contributed by atoms with Crippen LogP contribution in [0.4, 0.5) is 5.69 Å². The molecule has 2 atom stereocenters. The molecule has 4 rings (SSSR count). The number of nitrogens with one attached hydrogen (secondary N) is 2. The lowest BCUT2D eigenvalue weighted by Crippen LogP contribution is -2.40. The number of nitrogens with zero attached hydrogens (tertiary/aromatic N) is 1. The molecular weight excluding hydrogens is 454 g/mol. The Balaban J connectivity index is 1.37. The number of rotatable bonds is 8. The van der Waals surface area contributed by atoms with Gasteiger partial charge in [0.2, 0.25) is 0 Å². The number of carbonyl (C=O) groups excluding carboxylic acids is 1. The van der Waals surface area contributed by atoms with E-state index in [-0.39, 0.29) is 22.1 Å². The van der Waals surface area contributed by atoms with Crippen molar-refractivity contribution in [3.05, 3.63) is 48.0 Å². The summed E-state index contributed by atoms with van der Waals surface area (Å²) in [5, 5.41) is 2.93. The second-order valence-corrected chi connectivity index (χ2v) is 11.0. The second kappa shape index (κ2) is 10.7. The van der Waals surface area contributed by atoms with E-state index in [1.807, 2.05) is 0 Å². The van der Waals surface area contributed by atoms with Gasteiger partial charge in [0.05, 0.1) is 16.1 Å². The summed E-state index contributed by atoms with van der Waals surface area (Å²) in [5.74, 6) is 2.00. The van der Waals surface area contributed by atoms with Gasteiger partial charge in [0, 0.05) is 25.7 Å². The number of ether oxygens (including phenoxy) is 2. The Morgan fingerprint density at radius 1 is 1.03 bits per heavy atom. The largest absolute Gasteiger partial charge is 0.486 e. The molecule has 0 spiro atoms. The molecule has 1 fully saturated rings. The summed E-state index contributed by atoms with van der Waals surface area (Å²) in [7, 11) is -3.93. The molecule has 0 radical (unpaired) electrons. The summed E-state index contributed by atoms with van der Waals surface area (Å²) in [6.07, 6.45) is 2.11. The van der Waals surface area contributed by atoms with Crippen LogP contribution in [0.2, 0.25) is 0 Å². The minimum Gasteiger partial charge on any atom is -0.486 e. The Morgan fingerprint density at radius 3 is 2.50 bits per heavy atom. The van der Waals surface area contributed by atoms with E-state index in [1.54, 1.807) is 30.3 Å². The van der Waals surface area contributed by atoms with Crippen molar-refractivity contribution < 1.29 is 22.7 Å². The average molecular weight is 488 g/mol. The summed E-state index contributed by atoms with van der Waals surface area (Å²) in [4.78, 5) is 15.3. The lowest BCUT2D eigenvalue weighted by Gasteiger charge is -2.34. The van der Waals surface area contributed by atoms with E-state index in [1.165, 1.54) is 18.6 Å². The van der Waals surface area contributed by atoms with Crippen LogP contribution in [-0.4, -0.2) is 58.6 Å². The van der Waals surface area contributed by atoms with Crippen molar-refractivity contribution in [2.75, 3.05) is 44.1 Å².